The zero-order valence-electron chi connectivity index (χ0n) is 19.5. The molecule has 6 rings (SSSR count). The van der Waals surface area contributed by atoms with Gasteiger partial charge in [-0.3, -0.25) is 0 Å². The first-order chi connectivity index (χ1) is 17.3. The summed E-state index contributed by atoms with van der Waals surface area (Å²) in [5.74, 6) is -0.0700. The lowest BCUT2D eigenvalue weighted by molar-refractivity contribution is -0.142. The number of alkyl halides is 3. The minimum Gasteiger partial charge on any atom is -0.448 e. The number of amides is 1. The van der Waals surface area contributed by atoms with Gasteiger partial charge in [0.2, 0.25) is 0 Å². The van der Waals surface area contributed by atoms with Crippen molar-refractivity contribution in [2.75, 3.05) is 6.61 Å². The lowest BCUT2D eigenvalue weighted by Crippen LogP contribution is -2.52. The van der Waals surface area contributed by atoms with Gasteiger partial charge in [0.1, 0.15) is 6.61 Å². The topological polar surface area (TPSA) is 49.8 Å². The number of piperidine rings is 1. The maximum absolute atomic E-state index is 13.7. The molecule has 0 saturated carbocycles. The molecule has 4 nitrogen and oxygen atoms in total. The van der Waals surface area contributed by atoms with Crippen LogP contribution in [0.4, 0.5) is 18.0 Å². The summed E-state index contributed by atoms with van der Waals surface area (Å²) in [4.78, 5) is 14.9. The van der Waals surface area contributed by atoms with Crippen molar-refractivity contribution in [1.29, 1.82) is 0 Å². The first kappa shape index (κ1) is 23.1. The minimum atomic E-state index is -4.56. The zero-order chi connectivity index (χ0) is 25.1. The fourth-order valence-corrected chi connectivity index (χ4v) is 6.55. The summed E-state index contributed by atoms with van der Waals surface area (Å²) < 4.78 is 46.8. The highest BCUT2D eigenvalue weighted by molar-refractivity contribution is 5.79. The molecule has 1 amide bonds. The Morgan fingerprint density at radius 3 is 2.00 bits per heavy atom. The van der Waals surface area contributed by atoms with Gasteiger partial charge in [0, 0.05) is 30.8 Å². The molecule has 2 aliphatic heterocycles. The van der Waals surface area contributed by atoms with Gasteiger partial charge in [-0.25, -0.2) is 4.79 Å². The summed E-state index contributed by atoms with van der Waals surface area (Å²) in [6.45, 7) is 0.184. The lowest BCUT2D eigenvalue weighted by Gasteiger charge is -2.44. The van der Waals surface area contributed by atoms with Crippen LogP contribution >= 0.6 is 0 Å². The zero-order valence-corrected chi connectivity index (χ0v) is 19.5. The van der Waals surface area contributed by atoms with Crippen LogP contribution in [0.25, 0.3) is 11.1 Å². The van der Waals surface area contributed by atoms with Crippen LogP contribution in [0.5, 0.6) is 0 Å². The molecular formula is C29H26F3NO3. The Labute approximate surface area is 207 Å². The van der Waals surface area contributed by atoms with Gasteiger partial charge >= 0.3 is 12.3 Å². The number of halogens is 3. The molecule has 0 radical (unpaired) electrons. The van der Waals surface area contributed by atoms with E-state index in [2.05, 4.69) is 24.3 Å². The molecule has 2 saturated heterocycles. The van der Waals surface area contributed by atoms with Crippen LogP contribution in [0, 0.1) is 0 Å². The van der Waals surface area contributed by atoms with E-state index in [4.69, 9.17) is 4.74 Å². The largest absolute Gasteiger partial charge is 0.448 e. The summed E-state index contributed by atoms with van der Waals surface area (Å²) in [5.41, 5.74) is 1.94. The molecule has 36 heavy (non-hydrogen) atoms. The molecule has 3 aliphatic rings. The van der Waals surface area contributed by atoms with E-state index < -0.39 is 23.4 Å². The van der Waals surface area contributed by atoms with Gasteiger partial charge < -0.3 is 14.7 Å². The number of aliphatic hydroxyl groups is 1. The second kappa shape index (κ2) is 8.37. The number of hydrogen-bond acceptors (Lipinski definition) is 3. The summed E-state index contributed by atoms with van der Waals surface area (Å²) in [5, 5.41) is 11.4. The highest BCUT2D eigenvalue weighted by Crippen LogP contribution is 2.49. The van der Waals surface area contributed by atoms with Crippen molar-refractivity contribution in [1.82, 2.24) is 4.90 Å². The van der Waals surface area contributed by atoms with E-state index in [0.717, 1.165) is 28.3 Å². The van der Waals surface area contributed by atoms with Crippen LogP contribution in [-0.2, 0) is 16.5 Å². The maximum Gasteiger partial charge on any atom is 0.416 e. The van der Waals surface area contributed by atoms with Crippen LogP contribution in [-0.4, -0.2) is 34.8 Å². The average molecular weight is 494 g/mol. The van der Waals surface area contributed by atoms with E-state index in [-0.39, 0.29) is 43.0 Å². The molecule has 2 unspecified atom stereocenters. The van der Waals surface area contributed by atoms with Crippen molar-refractivity contribution in [2.24, 2.45) is 0 Å². The Balaban J connectivity index is 1.20. The molecule has 7 heteroatoms. The smallest absolute Gasteiger partial charge is 0.416 e. The van der Waals surface area contributed by atoms with Crippen LogP contribution in [0.2, 0.25) is 0 Å². The number of hydrogen-bond donors (Lipinski definition) is 1. The molecule has 2 heterocycles. The number of rotatable bonds is 3. The SMILES string of the molecule is O=C(OCC1c2ccccc2-c2ccccc21)N1C2CCC1CC(O)(c1ccccc1C(F)(F)F)C2. The van der Waals surface area contributed by atoms with Crippen molar-refractivity contribution in [3.05, 3.63) is 95.1 Å². The molecule has 2 atom stereocenters. The van der Waals surface area contributed by atoms with E-state index in [1.54, 1.807) is 4.90 Å². The molecule has 0 aromatic heterocycles. The Bertz CT molecular complexity index is 1260. The highest BCUT2D eigenvalue weighted by atomic mass is 19.4. The van der Waals surface area contributed by atoms with Gasteiger partial charge in [-0.15, -0.1) is 0 Å². The fraction of sp³-hybridized carbons (Fsp3) is 0.345. The van der Waals surface area contributed by atoms with Crippen LogP contribution in [0.15, 0.2) is 72.8 Å². The third-order valence-corrected chi connectivity index (χ3v) is 8.05. The number of fused-ring (bicyclic) bond motifs is 5. The average Bonchev–Trinajstić information content (AvgIpc) is 3.34. The molecule has 3 aromatic carbocycles. The number of carbonyl (C=O) groups excluding carboxylic acids is 1. The van der Waals surface area contributed by atoms with Crippen LogP contribution in [0.1, 0.15) is 53.9 Å². The number of benzene rings is 3. The quantitative estimate of drug-likeness (QED) is 0.455. The summed E-state index contributed by atoms with van der Waals surface area (Å²) >= 11 is 0. The summed E-state index contributed by atoms with van der Waals surface area (Å²) in [6, 6.07) is 20.6. The normalized spacial score (nSPS) is 24.9. The molecule has 2 fully saturated rings. The van der Waals surface area contributed by atoms with Crippen molar-refractivity contribution in [3.8, 4) is 11.1 Å². The van der Waals surface area contributed by atoms with Crippen molar-refractivity contribution in [2.45, 2.75) is 55.5 Å². The molecule has 3 aromatic rings. The van der Waals surface area contributed by atoms with Crippen LogP contribution in [0.3, 0.4) is 0 Å². The third kappa shape index (κ3) is 3.68. The van der Waals surface area contributed by atoms with E-state index in [1.165, 1.54) is 18.2 Å². The number of nitrogens with zero attached hydrogens (tertiary/aromatic N) is 1. The number of ether oxygens (including phenoxy) is 1. The molecule has 1 aliphatic carbocycles. The minimum absolute atomic E-state index is 0.0563. The van der Waals surface area contributed by atoms with Crippen molar-refractivity contribution < 1.29 is 27.8 Å². The monoisotopic (exact) mass is 493 g/mol. The van der Waals surface area contributed by atoms with E-state index in [1.807, 2.05) is 24.3 Å². The highest BCUT2D eigenvalue weighted by Gasteiger charge is 2.52. The molecule has 186 valence electrons. The Kier molecular flexibility index (Phi) is 5.37. The fourth-order valence-electron chi connectivity index (χ4n) is 6.55. The van der Waals surface area contributed by atoms with Crippen molar-refractivity contribution >= 4 is 6.09 Å². The second-order valence-corrected chi connectivity index (χ2v) is 10.1. The third-order valence-electron chi connectivity index (χ3n) is 8.05. The standard InChI is InChI=1S/C29H26F3NO3/c30-29(31,32)26-12-6-5-11-25(26)28(35)15-18-13-14-19(16-28)33(18)27(34)36-17-24-22-9-3-1-7-20(22)21-8-2-4-10-23(21)24/h1-12,18-19,24,35H,13-17H2. The molecule has 2 bridgehead atoms. The first-order valence-electron chi connectivity index (χ1n) is 12.3. The Morgan fingerprint density at radius 2 is 1.42 bits per heavy atom. The van der Waals surface area contributed by atoms with Crippen LogP contribution < -0.4 is 0 Å². The van der Waals surface area contributed by atoms with E-state index in [9.17, 15) is 23.1 Å². The van der Waals surface area contributed by atoms with Gasteiger partial charge in [-0.05, 0) is 46.7 Å². The van der Waals surface area contributed by atoms with Gasteiger partial charge in [-0.2, -0.15) is 13.2 Å². The lowest BCUT2D eigenvalue weighted by atomic mass is 9.78. The van der Waals surface area contributed by atoms with Gasteiger partial charge in [0.25, 0.3) is 0 Å². The number of carbonyl (C=O) groups is 1. The molecular weight excluding hydrogens is 467 g/mol. The van der Waals surface area contributed by atoms with Gasteiger partial charge in [0.15, 0.2) is 0 Å². The van der Waals surface area contributed by atoms with E-state index >= 15 is 0 Å². The Hall–Kier alpha value is -3.32. The van der Waals surface area contributed by atoms with Gasteiger partial charge in [-0.1, -0.05) is 66.7 Å². The van der Waals surface area contributed by atoms with E-state index in [0.29, 0.717) is 12.8 Å². The molecule has 0 spiro atoms. The second-order valence-electron chi connectivity index (χ2n) is 10.1. The Morgan fingerprint density at radius 1 is 0.889 bits per heavy atom. The van der Waals surface area contributed by atoms with Crippen molar-refractivity contribution in [3.63, 3.8) is 0 Å². The van der Waals surface area contributed by atoms with Gasteiger partial charge in [0.05, 0.1) is 11.2 Å². The summed E-state index contributed by atoms with van der Waals surface area (Å²) in [7, 11) is 0. The predicted molar refractivity (Wildman–Crippen MR) is 128 cm³/mol. The molecule has 1 N–H and O–H groups in total. The predicted octanol–water partition coefficient (Wildman–Crippen LogP) is 6.47. The first-order valence-corrected chi connectivity index (χ1v) is 12.3. The maximum atomic E-state index is 13.7. The summed E-state index contributed by atoms with van der Waals surface area (Å²) in [6.07, 6.45) is -3.65.